The van der Waals surface area contributed by atoms with E-state index in [9.17, 15) is 13.2 Å². The number of hydrogen-bond acceptors (Lipinski definition) is 5. The lowest BCUT2D eigenvalue weighted by Gasteiger charge is -2.27. The fourth-order valence-corrected chi connectivity index (χ4v) is 2.39. The zero-order valence-corrected chi connectivity index (χ0v) is 11.5. The van der Waals surface area contributed by atoms with E-state index in [-0.39, 0.29) is 11.2 Å². The van der Waals surface area contributed by atoms with E-state index >= 15 is 0 Å². The molecule has 1 heterocycles. The molecule has 0 unspecified atom stereocenters. The molecule has 1 amide bonds. The van der Waals surface area contributed by atoms with Crippen molar-refractivity contribution in [1.82, 2.24) is 4.31 Å². The van der Waals surface area contributed by atoms with Crippen LogP contribution in [0.3, 0.4) is 0 Å². The summed E-state index contributed by atoms with van der Waals surface area (Å²) in [7, 11) is -4.10. The molecular weight excluding hydrogens is 302 g/mol. The van der Waals surface area contributed by atoms with Crippen LogP contribution < -0.4 is 0 Å². The minimum Gasteiger partial charge on any atom is -0.443 e. The van der Waals surface area contributed by atoms with Crippen molar-refractivity contribution in [2.24, 2.45) is 0 Å². The molecule has 8 heteroatoms. The summed E-state index contributed by atoms with van der Waals surface area (Å²) in [6, 6.07) is 0. The second kappa shape index (κ2) is 4.25. The Morgan fingerprint density at radius 2 is 2.12 bits per heavy atom. The maximum atomic E-state index is 11.5. The molecule has 0 atom stereocenters. The first-order valence-corrected chi connectivity index (χ1v) is 6.58. The van der Waals surface area contributed by atoms with Crippen molar-refractivity contribution in [1.29, 1.82) is 0 Å². The summed E-state index contributed by atoms with van der Waals surface area (Å²) < 4.78 is 32.9. The van der Waals surface area contributed by atoms with Gasteiger partial charge in [-0.05, 0) is 42.8 Å². The summed E-state index contributed by atoms with van der Waals surface area (Å²) in [5.74, 6) is 0. The van der Waals surface area contributed by atoms with Crippen molar-refractivity contribution in [2.45, 2.75) is 26.4 Å². The number of rotatable bonds is 0. The predicted octanol–water partition coefficient (Wildman–Crippen LogP) is 1.73. The summed E-state index contributed by atoms with van der Waals surface area (Å²) in [4.78, 5) is 11.5. The lowest BCUT2D eigenvalue weighted by atomic mass is 10.2. The van der Waals surface area contributed by atoms with Gasteiger partial charge in [0.25, 0.3) is 0 Å². The van der Waals surface area contributed by atoms with E-state index in [2.05, 4.69) is 20.1 Å². The van der Waals surface area contributed by atoms with Crippen LogP contribution in [0.4, 0.5) is 4.79 Å². The van der Waals surface area contributed by atoms with Crippen LogP contribution in [-0.2, 0) is 19.2 Å². The van der Waals surface area contributed by atoms with E-state index in [1.54, 1.807) is 20.8 Å². The van der Waals surface area contributed by atoms with Gasteiger partial charge >= 0.3 is 16.4 Å². The van der Waals surface area contributed by atoms with Gasteiger partial charge in [0.05, 0.1) is 6.54 Å². The molecule has 0 aromatic carbocycles. The summed E-state index contributed by atoms with van der Waals surface area (Å²) in [5, 5.41) is 0. The third-order valence-electron chi connectivity index (χ3n) is 1.47. The first kappa shape index (κ1) is 13.3. The van der Waals surface area contributed by atoms with Gasteiger partial charge in [-0.1, -0.05) is 0 Å². The number of nitrogens with zero attached hydrogens (tertiary/aromatic N) is 1. The van der Waals surface area contributed by atoms with Crippen LogP contribution >= 0.6 is 15.9 Å². The van der Waals surface area contributed by atoms with Crippen LogP contribution in [0.15, 0.2) is 10.7 Å². The summed E-state index contributed by atoms with van der Waals surface area (Å²) >= 11 is 2.88. The highest BCUT2D eigenvalue weighted by molar-refractivity contribution is 9.11. The molecule has 1 aliphatic heterocycles. The minimum atomic E-state index is -4.10. The Labute approximate surface area is 103 Å². The molecule has 0 aromatic rings. The van der Waals surface area contributed by atoms with Crippen molar-refractivity contribution in [3.05, 3.63) is 10.7 Å². The fraction of sp³-hybridized carbons (Fsp3) is 0.625. The van der Waals surface area contributed by atoms with Crippen LogP contribution in [0.1, 0.15) is 20.8 Å². The molecule has 0 saturated carbocycles. The molecule has 0 radical (unpaired) electrons. The number of halogens is 1. The molecule has 0 aliphatic carbocycles. The molecule has 0 spiro atoms. The van der Waals surface area contributed by atoms with Gasteiger partial charge in [-0.2, -0.15) is 12.7 Å². The summed E-state index contributed by atoms with van der Waals surface area (Å²) in [6.45, 7) is 4.83. The molecule has 0 N–H and O–H groups in total. The number of ether oxygens (including phenoxy) is 1. The van der Waals surface area contributed by atoms with Crippen molar-refractivity contribution < 1.29 is 22.1 Å². The van der Waals surface area contributed by atoms with E-state index in [4.69, 9.17) is 4.74 Å². The maximum Gasteiger partial charge on any atom is 0.427 e. The van der Waals surface area contributed by atoms with Crippen molar-refractivity contribution in [3.8, 4) is 0 Å². The molecule has 0 bridgehead atoms. The van der Waals surface area contributed by atoms with Crippen LogP contribution in [-0.4, -0.2) is 31.0 Å². The number of carbonyl (C=O) groups excluding carboxylic acids is 1. The third kappa shape index (κ3) is 3.38. The van der Waals surface area contributed by atoms with Crippen molar-refractivity contribution in [3.63, 3.8) is 0 Å². The number of carbonyl (C=O) groups is 1. The summed E-state index contributed by atoms with van der Waals surface area (Å²) in [6.07, 6.45) is 0.453. The molecule has 6 nitrogen and oxygen atoms in total. The Morgan fingerprint density at radius 1 is 1.56 bits per heavy atom. The Bertz CT molecular complexity index is 422. The van der Waals surface area contributed by atoms with E-state index in [1.165, 1.54) is 6.08 Å². The topological polar surface area (TPSA) is 72.9 Å². The van der Waals surface area contributed by atoms with Gasteiger partial charge < -0.3 is 8.92 Å². The van der Waals surface area contributed by atoms with Crippen LogP contribution in [0.5, 0.6) is 0 Å². The second-order valence-electron chi connectivity index (χ2n) is 4.06. The van der Waals surface area contributed by atoms with E-state index < -0.39 is 22.0 Å². The van der Waals surface area contributed by atoms with Gasteiger partial charge in [0, 0.05) is 0 Å². The molecular formula is C8H12BrNO5S. The average molecular weight is 314 g/mol. The molecule has 16 heavy (non-hydrogen) atoms. The molecule has 1 aliphatic rings. The first-order chi connectivity index (χ1) is 7.12. The SMILES string of the molecule is CC(C)(C)OC(=O)N1CC=C(Br)OS1(=O)=O. The molecule has 1 rings (SSSR count). The van der Waals surface area contributed by atoms with Gasteiger partial charge in [0.15, 0.2) is 4.67 Å². The normalized spacial score (nSPS) is 19.8. The number of hydrogen-bond donors (Lipinski definition) is 0. The fourth-order valence-electron chi connectivity index (χ4n) is 0.904. The monoisotopic (exact) mass is 313 g/mol. The minimum absolute atomic E-state index is 0.0623. The van der Waals surface area contributed by atoms with Crippen molar-refractivity contribution in [2.75, 3.05) is 6.54 Å². The van der Waals surface area contributed by atoms with Crippen LogP contribution in [0.2, 0.25) is 0 Å². The zero-order valence-electron chi connectivity index (χ0n) is 9.06. The predicted molar refractivity (Wildman–Crippen MR) is 60.0 cm³/mol. The van der Waals surface area contributed by atoms with Crippen LogP contribution in [0.25, 0.3) is 0 Å². The highest BCUT2D eigenvalue weighted by Crippen LogP contribution is 2.22. The smallest absolute Gasteiger partial charge is 0.427 e. The van der Waals surface area contributed by atoms with E-state index in [0.29, 0.717) is 4.31 Å². The first-order valence-electron chi connectivity index (χ1n) is 4.42. The summed E-state index contributed by atoms with van der Waals surface area (Å²) in [5.41, 5.74) is -0.759. The zero-order chi connectivity index (χ0) is 12.6. The van der Waals surface area contributed by atoms with Gasteiger partial charge in [-0.15, -0.1) is 0 Å². The Morgan fingerprint density at radius 3 is 2.56 bits per heavy atom. The largest absolute Gasteiger partial charge is 0.443 e. The quantitative estimate of drug-likeness (QED) is 0.681. The van der Waals surface area contributed by atoms with Gasteiger partial charge in [0.1, 0.15) is 5.60 Å². The Hall–Kier alpha value is -0.760. The lowest BCUT2D eigenvalue weighted by Crippen LogP contribution is -2.43. The average Bonchev–Trinajstić information content (AvgIpc) is 1.97. The standard InChI is InChI=1S/C8H12BrNO5S/c1-8(2,3)14-7(11)10-5-4-6(9)15-16(10,12)13/h4H,5H2,1-3H3. The number of amides is 1. The lowest BCUT2D eigenvalue weighted by molar-refractivity contribution is 0.0385. The third-order valence-corrected chi connectivity index (χ3v) is 3.40. The van der Waals surface area contributed by atoms with Gasteiger partial charge in [0.2, 0.25) is 0 Å². The maximum absolute atomic E-state index is 11.5. The molecule has 0 fully saturated rings. The van der Waals surface area contributed by atoms with E-state index in [0.717, 1.165) is 0 Å². The van der Waals surface area contributed by atoms with E-state index in [1.807, 2.05) is 0 Å². The molecule has 0 aromatic heterocycles. The highest BCUT2D eigenvalue weighted by Gasteiger charge is 2.35. The molecule has 0 saturated heterocycles. The molecule has 92 valence electrons. The Balaban J connectivity index is 2.86. The Kier molecular flexibility index (Phi) is 3.53. The van der Waals surface area contributed by atoms with Gasteiger partial charge in [-0.25, -0.2) is 4.79 Å². The van der Waals surface area contributed by atoms with Crippen LogP contribution in [0, 0.1) is 0 Å². The van der Waals surface area contributed by atoms with Crippen molar-refractivity contribution >= 4 is 32.3 Å². The van der Waals surface area contributed by atoms with Gasteiger partial charge in [-0.3, -0.25) is 0 Å². The second-order valence-corrected chi connectivity index (χ2v) is 6.31. The highest BCUT2D eigenvalue weighted by atomic mass is 79.9.